The highest BCUT2D eigenvalue weighted by Gasteiger charge is 2.10. The average Bonchev–Trinajstić information content (AvgIpc) is 1.97. The Labute approximate surface area is 70.3 Å². The number of rotatable bonds is 6. The first-order chi connectivity index (χ1) is 5.22. The van der Waals surface area contributed by atoms with E-state index in [1.54, 1.807) is 7.11 Å². The Morgan fingerprint density at radius 3 is 2.36 bits per heavy atom. The van der Waals surface area contributed by atoms with Crippen LogP contribution in [0, 0.1) is 5.92 Å². The number of hydrogen-bond donors (Lipinski definition) is 1. The monoisotopic (exact) mass is 159 g/mol. The fourth-order valence-electron chi connectivity index (χ4n) is 1.01. The van der Waals surface area contributed by atoms with E-state index in [-0.39, 0.29) is 0 Å². The molecule has 1 atom stereocenters. The van der Waals surface area contributed by atoms with Gasteiger partial charge >= 0.3 is 0 Å². The molecule has 0 amide bonds. The molecule has 0 saturated carbocycles. The van der Waals surface area contributed by atoms with Gasteiger partial charge in [-0.1, -0.05) is 20.8 Å². The van der Waals surface area contributed by atoms with E-state index in [0.29, 0.717) is 12.0 Å². The summed E-state index contributed by atoms with van der Waals surface area (Å²) < 4.78 is 5.30. The summed E-state index contributed by atoms with van der Waals surface area (Å²) in [7, 11) is 1.78. The van der Waals surface area contributed by atoms with Gasteiger partial charge in [0, 0.05) is 13.7 Å². The van der Waals surface area contributed by atoms with Gasteiger partial charge in [0.1, 0.15) is 0 Å². The van der Waals surface area contributed by atoms with Crippen LogP contribution in [0.25, 0.3) is 0 Å². The molecule has 68 valence electrons. The smallest absolute Gasteiger partial charge is 0.0718 e. The highest BCUT2D eigenvalue weighted by Crippen LogP contribution is 2.03. The van der Waals surface area contributed by atoms with Crippen LogP contribution in [0.3, 0.4) is 0 Å². The second-order valence-electron chi connectivity index (χ2n) is 3.22. The summed E-state index contributed by atoms with van der Waals surface area (Å²) in [6, 6.07) is 0. The minimum atomic E-state index is 0.363. The largest absolute Gasteiger partial charge is 0.380 e. The van der Waals surface area contributed by atoms with Gasteiger partial charge in [-0.15, -0.1) is 0 Å². The highest BCUT2D eigenvalue weighted by molar-refractivity contribution is 4.64. The fourth-order valence-corrected chi connectivity index (χ4v) is 1.01. The third-order valence-electron chi connectivity index (χ3n) is 1.82. The molecule has 0 rings (SSSR count). The predicted octanol–water partition coefficient (Wildman–Crippen LogP) is 1.66. The van der Waals surface area contributed by atoms with Gasteiger partial charge < -0.3 is 10.1 Å². The molecule has 0 aliphatic heterocycles. The molecular weight excluding hydrogens is 138 g/mol. The van der Waals surface area contributed by atoms with E-state index in [2.05, 4.69) is 26.1 Å². The van der Waals surface area contributed by atoms with Crippen molar-refractivity contribution in [2.75, 3.05) is 20.2 Å². The van der Waals surface area contributed by atoms with Crippen molar-refractivity contribution in [1.82, 2.24) is 5.32 Å². The Kier molecular flexibility index (Phi) is 6.57. The molecule has 0 bridgehead atoms. The van der Waals surface area contributed by atoms with Crippen LogP contribution in [0.5, 0.6) is 0 Å². The molecule has 0 fully saturated rings. The van der Waals surface area contributed by atoms with E-state index in [9.17, 15) is 0 Å². The lowest BCUT2D eigenvalue weighted by molar-refractivity contribution is 0.0650. The SMILES string of the molecule is CCCNCC(OC)C(C)C. The van der Waals surface area contributed by atoms with Crippen LogP contribution in [-0.4, -0.2) is 26.3 Å². The van der Waals surface area contributed by atoms with Crippen LogP contribution in [0.15, 0.2) is 0 Å². The van der Waals surface area contributed by atoms with Crippen molar-refractivity contribution in [2.45, 2.75) is 33.3 Å². The summed E-state index contributed by atoms with van der Waals surface area (Å²) in [4.78, 5) is 0. The van der Waals surface area contributed by atoms with E-state index in [1.807, 2.05) is 0 Å². The summed E-state index contributed by atoms with van der Waals surface area (Å²) in [5.74, 6) is 0.601. The Hall–Kier alpha value is -0.0800. The number of nitrogens with one attached hydrogen (secondary N) is 1. The summed E-state index contributed by atoms with van der Waals surface area (Å²) in [6.07, 6.45) is 1.55. The quantitative estimate of drug-likeness (QED) is 0.595. The van der Waals surface area contributed by atoms with E-state index in [1.165, 1.54) is 6.42 Å². The van der Waals surface area contributed by atoms with E-state index < -0.39 is 0 Å². The van der Waals surface area contributed by atoms with Crippen molar-refractivity contribution in [1.29, 1.82) is 0 Å². The lowest BCUT2D eigenvalue weighted by atomic mass is 10.1. The van der Waals surface area contributed by atoms with Gasteiger partial charge in [-0.05, 0) is 18.9 Å². The lowest BCUT2D eigenvalue weighted by Crippen LogP contribution is -2.32. The molecule has 0 aromatic heterocycles. The van der Waals surface area contributed by atoms with Crippen LogP contribution in [0.2, 0.25) is 0 Å². The molecule has 2 nitrogen and oxygen atoms in total. The molecule has 0 saturated heterocycles. The summed E-state index contributed by atoms with van der Waals surface area (Å²) in [5, 5.41) is 3.34. The molecule has 1 N–H and O–H groups in total. The molecule has 0 radical (unpaired) electrons. The standard InChI is InChI=1S/C9H21NO/c1-5-6-10-7-9(11-4)8(2)3/h8-10H,5-7H2,1-4H3. The number of hydrogen-bond acceptors (Lipinski definition) is 2. The van der Waals surface area contributed by atoms with Crippen molar-refractivity contribution in [3.8, 4) is 0 Å². The molecule has 0 aliphatic rings. The number of ether oxygens (including phenoxy) is 1. The molecular formula is C9H21NO. The van der Waals surface area contributed by atoms with Crippen molar-refractivity contribution in [3.63, 3.8) is 0 Å². The zero-order valence-corrected chi connectivity index (χ0v) is 8.18. The molecule has 0 aromatic carbocycles. The second-order valence-corrected chi connectivity index (χ2v) is 3.22. The average molecular weight is 159 g/mol. The minimum Gasteiger partial charge on any atom is -0.380 e. The van der Waals surface area contributed by atoms with Gasteiger partial charge in [0.15, 0.2) is 0 Å². The molecule has 2 heteroatoms. The van der Waals surface area contributed by atoms with Crippen LogP contribution < -0.4 is 5.32 Å². The number of methoxy groups -OCH3 is 1. The maximum atomic E-state index is 5.30. The third kappa shape index (κ3) is 5.22. The molecule has 0 aliphatic carbocycles. The van der Waals surface area contributed by atoms with Crippen molar-refractivity contribution in [2.24, 2.45) is 5.92 Å². The lowest BCUT2D eigenvalue weighted by Gasteiger charge is -2.19. The summed E-state index contributed by atoms with van der Waals surface area (Å²) in [6.45, 7) is 8.60. The highest BCUT2D eigenvalue weighted by atomic mass is 16.5. The van der Waals surface area contributed by atoms with E-state index in [4.69, 9.17) is 4.74 Å². The van der Waals surface area contributed by atoms with Gasteiger partial charge in [-0.25, -0.2) is 0 Å². The Morgan fingerprint density at radius 2 is 2.00 bits per heavy atom. The molecule has 0 spiro atoms. The second kappa shape index (κ2) is 6.62. The van der Waals surface area contributed by atoms with Gasteiger partial charge in [0.25, 0.3) is 0 Å². The minimum absolute atomic E-state index is 0.363. The zero-order valence-electron chi connectivity index (χ0n) is 8.18. The first-order valence-electron chi connectivity index (χ1n) is 4.45. The summed E-state index contributed by atoms with van der Waals surface area (Å²) in [5.41, 5.74) is 0. The van der Waals surface area contributed by atoms with Gasteiger partial charge in [0.2, 0.25) is 0 Å². The predicted molar refractivity (Wildman–Crippen MR) is 48.8 cm³/mol. The molecule has 0 aromatic rings. The van der Waals surface area contributed by atoms with Gasteiger partial charge in [-0.2, -0.15) is 0 Å². The van der Waals surface area contributed by atoms with Crippen molar-refractivity contribution < 1.29 is 4.74 Å². The van der Waals surface area contributed by atoms with Crippen LogP contribution >= 0.6 is 0 Å². The van der Waals surface area contributed by atoms with Crippen LogP contribution in [-0.2, 0) is 4.74 Å². The fraction of sp³-hybridized carbons (Fsp3) is 1.00. The van der Waals surface area contributed by atoms with Crippen LogP contribution in [0.4, 0.5) is 0 Å². The maximum absolute atomic E-state index is 5.30. The van der Waals surface area contributed by atoms with Crippen molar-refractivity contribution >= 4 is 0 Å². The normalized spacial score (nSPS) is 13.9. The van der Waals surface area contributed by atoms with Crippen LogP contribution in [0.1, 0.15) is 27.2 Å². The summed E-state index contributed by atoms with van der Waals surface area (Å²) >= 11 is 0. The van der Waals surface area contributed by atoms with E-state index in [0.717, 1.165) is 13.1 Å². The molecule has 0 heterocycles. The third-order valence-corrected chi connectivity index (χ3v) is 1.82. The Bertz CT molecular complexity index is 83.6. The first kappa shape index (κ1) is 10.9. The zero-order chi connectivity index (χ0) is 8.69. The topological polar surface area (TPSA) is 21.3 Å². The molecule has 11 heavy (non-hydrogen) atoms. The Morgan fingerprint density at radius 1 is 1.36 bits per heavy atom. The Balaban J connectivity index is 3.36. The van der Waals surface area contributed by atoms with Crippen molar-refractivity contribution in [3.05, 3.63) is 0 Å². The maximum Gasteiger partial charge on any atom is 0.0718 e. The van der Waals surface area contributed by atoms with Gasteiger partial charge in [-0.3, -0.25) is 0 Å². The van der Waals surface area contributed by atoms with E-state index >= 15 is 0 Å². The first-order valence-corrected chi connectivity index (χ1v) is 4.45. The molecule has 1 unspecified atom stereocenters. The van der Waals surface area contributed by atoms with Gasteiger partial charge in [0.05, 0.1) is 6.10 Å².